The van der Waals surface area contributed by atoms with Crippen LogP contribution in [0.4, 0.5) is 0 Å². The Bertz CT molecular complexity index is 389. The van der Waals surface area contributed by atoms with Crippen molar-refractivity contribution in [3.8, 4) is 0 Å². The van der Waals surface area contributed by atoms with Gasteiger partial charge in [0.2, 0.25) is 5.91 Å². The molecule has 0 radical (unpaired) electrons. The van der Waals surface area contributed by atoms with Crippen LogP contribution < -0.4 is 5.32 Å². The van der Waals surface area contributed by atoms with Crippen LogP contribution >= 0.6 is 11.3 Å². The first-order chi connectivity index (χ1) is 8.22. The van der Waals surface area contributed by atoms with Crippen molar-refractivity contribution in [2.24, 2.45) is 0 Å². The van der Waals surface area contributed by atoms with Gasteiger partial charge in [-0.25, -0.2) is 0 Å². The number of carbonyl (C=O) groups excluding carboxylic acids is 1. The highest BCUT2D eigenvalue weighted by molar-refractivity contribution is 7.10. The third-order valence-corrected chi connectivity index (χ3v) is 4.32. The number of hydrogen-bond donors (Lipinski definition) is 1. The minimum absolute atomic E-state index is 0.150. The molecule has 0 saturated carbocycles. The molecule has 2 rings (SSSR count). The molecule has 1 aromatic heterocycles. The maximum Gasteiger partial charge on any atom is 0.234 e. The molecular formula is C13H20N2OS. The molecule has 0 aliphatic carbocycles. The Balaban J connectivity index is 1.93. The number of rotatable bonds is 4. The summed E-state index contributed by atoms with van der Waals surface area (Å²) in [5.74, 6) is 0.150. The summed E-state index contributed by atoms with van der Waals surface area (Å²) in [7, 11) is 0. The van der Waals surface area contributed by atoms with Crippen LogP contribution in [-0.2, 0) is 11.2 Å². The van der Waals surface area contributed by atoms with E-state index in [1.54, 1.807) is 0 Å². The highest BCUT2D eigenvalue weighted by Gasteiger charge is 2.25. The normalized spacial score (nSPS) is 20.0. The van der Waals surface area contributed by atoms with Crippen molar-refractivity contribution in [2.45, 2.75) is 32.7 Å². The van der Waals surface area contributed by atoms with Crippen LogP contribution in [0.25, 0.3) is 0 Å². The maximum absolute atomic E-state index is 11.7. The van der Waals surface area contributed by atoms with Crippen LogP contribution in [0.1, 0.15) is 36.8 Å². The molecule has 0 bridgehead atoms. The number of carbonyl (C=O) groups is 1. The fourth-order valence-corrected chi connectivity index (χ4v) is 3.24. The molecule has 1 aliphatic heterocycles. The van der Waals surface area contributed by atoms with E-state index < -0.39 is 0 Å². The van der Waals surface area contributed by atoms with Crippen molar-refractivity contribution < 1.29 is 4.79 Å². The molecular weight excluding hydrogens is 232 g/mol. The summed E-state index contributed by atoms with van der Waals surface area (Å²) in [6, 6.07) is 2.57. The summed E-state index contributed by atoms with van der Waals surface area (Å²) in [6.45, 7) is 6.56. The molecule has 1 aliphatic rings. The minimum atomic E-state index is 0.150. The van der Waals surface area contributed by atoms with Gasteiger partial charge in [0.05, 0.1) is 6.54 Å². The van der Waals surface area contributed by atoms with Crippen molar-refractivity contribution in [1.29, 1.82) is 0 Å². The predicted octanol–water partition coefficient (Wildman–Crippen LogP) is 2.19. The molecule has 0 spiro atoms. The van der Waals surface area contributed by atoms with E-state index in [0.717, 1.165) is 25.9 Å². The summed E-state index contributed by atoms with van der Waals surface area (Å²) in [5.41, 5.74) is 1.41. The summed E-state index contributed by atoms with van der Waals surface area (Å²) in [5, 5.41) is 5.09. The second-order valence-corrected chi connectivity index (χ2v) is 5.55. The van der Waals surface area contributed by atoms with Gasteiger partial charge in [0.15, 0.2) is 0 Å². The lowest BCUT2D eigenvalue weighted by Gasteiger charge is -2.32. The Morgan fingerprint density at radius 3 is 3.24 bits per heavy atom. The van der Waals surface area contributed by atoms with Gasteiger partial charge in [-0.2, -0.15) is 0 Å². The molecule has 3 nitrogen and oxygen atoms in total. The molecule has 17 heavy (non-hydrogen) atoms. The molecule has 2 heterocycles. The Hall–Kier alpha value is -0.870. The van der Waals surface area contributed by atoms with Gasteiger partial charge in [-0.3, -0.25) is 9.69 Å². The first-order valence-electron chi connectivity index (χ1n) is 6.29. The van der Waals surface area contributed by atoms with Crippen molar-refractivity contribution in [3.63, 3.8) is 0 Å². The quantitative estimate of drug-likeness (QED) is 0.891. The molecule has 0 fully saturated rings. The summed E-state index contributed by atoms with van der Waals surface area (Å²) in [6.07, 6.45) is 2.08. The van der Waals surface area contributed by atoms with Gasteiger partial charge in [0, 0.05) is 24.0 Å². The fraction of sp³-hybridized carbons (Fsp3) is 0.615. The van der Waals surface area contributed by atoms with Gasteiger partial charge in [-0.1, -0.05) is 6.92 Å². The van der Waals surface area contributed by atoms with Crippen molar-refractivity contribution in [2.75, 3.05) is 19.6 Å². The Morgan fingerprint density at radius 2 is 2.47 bits per heavy atom. The highest BCUT2D eigenvalue weighted by atomic mass is 32.1. The van der Waals surface area contributed by atoms with Crippen molar-refractivity contribution in [3.05, 3.63) is 21.9 Å². The zero-order chi connectivity index (χ0) is 12.3. The van der Waals surface area contributed by atoms with Crippen LogP contribution in [0.2, 0.25) is 0 Å². The van der Waals surface area contributed by atoms with Crippen LogP contribution in [0.3, 0.4) is 0 Å². The van der Waals surface area contributed by atoms with E-state index in [0.29, 0.717) is 12.6 Å². The summed E-state index contributed by atoms with van der Waals surface area (Å²) < 4.78 is 0. The smallest absolute Gasteiger partial charge is 0.234 e. The van der Waals surface area contributed by atoms with Crippen LogP contribution in [-0.4, -0.2) is 30.4 Å². The van der Waals surface area contributed by atoms with Gasteiger partial charge in [-0.05, 0) is 36.8 Å². The Labute approximate surface area is 107 Å². The standard InChI is InChI=1S/C13H20N2OS/c1-3-6-14-13(16)9-15-7-4-12-11(10(15)2)5-8-17-12/h5,8,10H,3-4,6-7,9H2,1-2H3,(H,14,16). The summed E-state index contributed by atoms with van der Waals surface area (Å²) in [4.78, 5) is 15.5. The zero-order valence-corrected chi connectivity index (χ0v) is 11.3. The average Bonchev–Trinajstić information content (AvgIpc) is 2.79. The highest BCUT2D eigenvalue weighted by Crippen LogP contribution is 2.32. The van der Waals surface area contributed by atoms with Crippen LogP contribution in [0, 0.1) is 0 Å². The molecule has 1 N–H and O–H groups in total. The van der Waals surface area contributed by atoms with Crippen LogP contribution in [0.15, 0.2) is 11.4 Å². The van der Waals surface area contributed by atoms with Gasteiger partial charge in [0.1, 0.15) is 0 Å². The molecule has 1 unspecified atom stereocenters. The molecule has 94 valence electrons. The second-order valence-electron chi connectivity index (χ2n) is 4.55. The Morgan fingerprint density at radius 1 is 1.65 bits per heavy atom. The first-order valence-corrected chi connectivity index (χ1v) is 7.17. The third kappa shape index (κ3) is 2.87. The number of fused-ring (bicyclic) bond motifs is 1. The zero-order valence-electron chi connectivity index (χ0n) is 10.5. The molecule has 0 saturated heterocycles. The lowest BCUT2D eigenvalue weighted by atomic mass is 10.0. The van der Waals surface area contributed by atoms with E-state index in [-0.39, 0.29) is 5.91 Å². The van der Waals surface area contributed by atoms with E-state index in [4.69, 9.17) is 0 Å². The number of nitrogens with zero attached hydrogens (tertiary/aromatic N) is 1. The molecule has 0 aromatic carbocycles. The second kappa shape index (κ2) is 5.65. The van der Waals surface area contributed by atoms with E-state index in [1.807, 2.05) is 11.3 Å². The monoisotopic (exact) mass is 252 g/mol. The fourth-order valence-electron chi connectivity index (χ4n) is 2.28. The number of amides is 1. The van der Waals surface area contributed by atoms with Gasteiger partial charge in [-0.15, -0.1) is 11.3 Å². The number of thiophene rings is 1. The van der Waals surface area contributed by atoms with E-state index in [2.05, 4.69) is 35.5 Å². The van der Waals surface area contributed by atoms with Gasteiger partial charge in [0.25, 0.3) is 0 Å². The topological polar surface area (TPSA) is 32.3 Å². The van der Waals surface area contributed by atoms with Crippen LogP contribution in [0.5, 0.6) is 0 Å². The van der Waals surface area contributed by atoms with Gasteiger partial charge < -0.3 is 5.32 Å². The van der Waals surface area contributed by atoms with Gasteiger partial charge >= 0.3 is 0 Å². The lowest BCUT2D eigenvalue weighted by Crippen LogP contribution is -2.41. The van der Waals surface area contributed by atoms with E-state index in [1.165, 1.54) is 10.4 Å². The van der Waals surface area contributed by atoms with E-state index in [9.17, 15) is 4.79 Å². The number of nitrogens with one attached hydrogen (secondary N) is 1. The number of hydrogen-bond acceptors (Lipinski definition) is 3. The average molecular weight is 252 g/mol. The lowest BCUT2D eigenvalue weighted by molar-refractivity contribution is -0.122. The predicted molar refractivity (Wildman–Crippen MR) is 71.3 cm³/mol. The van der Waals surface area contributed by atoms with Crippen molar-refractivity contribution >= 4 is 17.2 Å². The largest absolute Gasteiger partial charge is 0.355 e. The maximum atomic E-state index is 11.7. The molecule has 1 amide bonds. The molecule has 1 atom stereocenters. The Kier molecular flexibility index (Phi) is 4.18. The SMILES string of the molecule is CCCNC(=O)CN1CCc2sccc2C1C. The third-order valence-electron chi connectivity index (χ3n) is 3.32. The van der Waals surface area contributed by atoms with Crippen molar-refractivity contribution in [1.82, 2.24) is 10.2 Å². The minimum Gasteiger partial charge on any atom is -0.355 e. The summed E-state index contributed by atoms with van der Waals surface area (Å²) >= 11 is 1.84. The molecule has 4 heteroatoms. The molecule has 1 aromatic rings. The first kappa shape index (κ1) is 12.6. The van der Waals surface area contributed by atoms with E-state index >= 15 is 0 Å².